The highest BCUT2D eigenvalue weighted by Gasteiger charge is 2.03. The number of nitro benzene ring substituents is 1. The molecule has 0 aliphatic carbocycles. The SMILES string of the molecule is CN(C)CCCOc1ccc(/C=C/c2cccc([N+](=O)[O-])c2)cc1. The monoisotopic (exact) mass is 326 g/mol. The van der Waals surface area contributed by atoms with E-state index in [1.165, 1.54) is 6.07 Å². The van der Waals surface area contributed by atoms with Gasteiger partial charge in [-0.15, -0.1) is 0 Å². The average Bonchev–Trinajstić information content (AvgIpc) is 2.58. The van der Waals surface area contributed by atoms with Crippen molar-refractivity contribution in [3.63, 3.8) is 0 Å². The molecule has 2 aromatic rings. The summed E-state index contributed by atoms with van der Waals surface area (Å²) in [7, 11) is 4.09. The summed E-state index contributed by atoms with van der Waals surface area (Å²) in [6, 6.07) is 14.4. The van der Waals surface area contributed by atoms with Gasteiger partial charge in [-0.05, 0) is 43.8 Å². The second kappa shape index (κ2) is 8.84. The van der Waals surface area contributed by atoms with Gasteiger partial charge in [-0.25, -0.2) is 0 Å². The fraction of sp³-hybridized carbons (Fsp3) is 0.263. The lowest BCUT2D eigenvalue weighted by Gasteiger charge is -2.10. The summed E-state index contributed by atoms with van der Waals surface area (Å²) in [5, 5.41) is 10.8. The molecule has 2 aromatic carbocycles. The van der Waals surface area contributed by atoms with Crippen LogP contribution >= 0.6 is 0 Å². The maximum atomic E-state index is 10.8. The molecule has 0 fully saturated rings. The Labute approximate surface area is 142 Å². The second-order valence-corrected chi connectivity index (χ2v) is 5.76. The largest absolute Gasteiger partial charge is 0.494 e. The van der Waals surface area contributed by atoms with E-state index < -0.39 is 0 Å². The van der Waals surface area contributed by atoms with Crippen LogP contribution in [-0.2, 0) is 0 Å². The molecule has 0 unspecified atom stereocenters. The summed E-state index contributed by atoms with van der Waals surface area (Å²) >= 11 is 0. The van der Waals surface area contributed by atoms with Gasteiger partial charge in [-0.1, -0.05) is 36.4 Å². The lowest BCUT2D eigenvalue weighted by atomic mass is 10.1. The number of non-ortho nitro benzene ring substituents is 1. The molecule has 0 N–H and O–H groups in total. The van der Waals surface area contributed by atoms with Crippen LogP contribution in [0.1, 0.15) is 17.5 Å². The summed E-state index contributed by atoms with van der Waals surface area (Å²) in [6.07, 6.45) is 4.77. The van der Waals surface area contributed by atoms with Crippen molar-refractivity contribution in [3.05, 3.63) is 69.8 Å². The molecule has 0 aliphatic rings. The topological polar surface area (TPSA) is 55.6 Å². The Morgan fingerprint density at radius 3 is 2.46 bits per heavy atom. The standard InChI is InChI=1S/C19H22N2O3/c1-20(2)13-4-14-24-19-11-9-16(10-12-19)7-8-17-5-3-6-18(15-17)21(22)23/h3,5-12,15H,4,13-14H2,1-2H3/b8-7+. The number of nitrogens with zero attached hydrogens (tertiary/aromatic N) is 2. The van der Waals surface area contributed by atoms with Crippen LogP contribution in [0, 0.1) is 10.1 Å². The lowest BCUT2D eigenvalue weighted by molar-refractivity contribution is -0.384. The van der Waals surface area contributed by atoms with Gasteiger partial charge in [-0.3, -0.25) is 10.1 Å². The van der Waals surface area contributed by atoms with Crippen molar-refractivity contribution in [2.75, 3.05) is 27.2 Å². The third kappa shape index (κ3) is 5.85. The third-order valence-electron chi connectivity index (χ3n) is 3.45. The molecule has 0 aliphatic heterocycles. The molecule has 0 heterocycles. The van der Waals surface area contributed by atoms with Gasteiger partial charge < -0.3 is 9.64 Å². The van der Waals surface area contributed by atoms with Crippen LogP contribution in [0.5, 0.6) is 5.75 Å². The fourth-order valence-electron chi connectivity index (χ4n) is 2.18. The number of ether oxygens (including phenoxy) is 1. The van der Waals surface area contributed by atoms with Gasteiger partial charge in [0.1, 0.15) is 5.75 Å². The summed E-state index contributed by atoms with van der Waals surface area (Å²) in [4.78, 5) is 12.5. The number of nitro groups is 1. The third-order valence-corrected chi connectivity index (χ3v) is 3.45. The van der Waals surface area contributed by atoms with E-state index in [0.717, 1.165) is 29.8 Å². The highest BCUT2D eigenvalue weighted by molar-refractivity contribution is 5.70. The molecule has 126 valence electrons. The van der Waals surface area contributed by atoms with Crippen LogP contribution in [0.15, 0.2) is 48.5 Å². The highest BCUT2D eigenvalue weighted by atomic mass is 16.6. The normalized spacial score (nSPS) is 11.1. The second-order valence-electron chi connectivity index (χ2n) is 5.76. The van der Waals surface area contributed by atoms with E-state index >= 15 is 0 Å². The quantitative estimate of drug-likeness (QED) is 0.317. The molecule has 0 amide bonds. The molecule has 5 heteroatoms. The van der Waals surface area contributed by atoms with Gasteiger partial charge in [-0.2, -0.15) is 0 Å². The molecule has 0 saturated heterocycles. The Morgan fingerprint density at radius 2 is 1.79 bits per heavy atom. The lowest BCUT2D eigenvalue weighted by Crippen LogP contribution is -2.15. The summed E-state index contributed by atoms with van der Waals surface area (Å²) in [6.45, 7) is 1.70. The average molecular weight is 326 g/mol. The van der Waals surface area contributed by atoms with Crippen molar-refractivity contribution in [1.82, 2.24) is 4.90 Å². The summed E-state index contributed by atoms with van der Waals surface area (Å²) in [5.41, 5.74) is 1.91. The Hall–Kier alpha value is -2.66. The van der Waals surface area contributed by atoms with Gasteiger partial charge in [0.2, 0.25) is 0 Å². The molecule has 0 radical (unpaired) electrons. The first-order chi connectivity index (χ1) is 11.5. The molecule has 0 aromatic heterocycles. The summed E-state index contributed by atoms with van der Waals surface area (Å²) < 4.78 is 5.69. The predicted molar refractivity (Wildman–Crippen MR) is 97.1 cm³/mol. The Balaban J connectivity index is 1.91. The molecule has 2 rings (SSSR count). The van der Waals surface area contributed by atoms with E-state index in [-0.39, 0.29) is 10.6 Å². The number of hydrogen-bond acceptors (Lipinski definition) is 4. The van der Waals surface area contributed by atoms with Crippen LogP contribution in [0.2, 0.25) is 0 Å². The van der Waals surface area contributed by atoms with Crippen molar-refractivity contribution < 1.29 is 9.66 Å². The van der Waals surface area contributed by atoms with Crippen LogP contribution in [0.3, 0.4) is 0 Å². The number of rotatable bonds is 8. The maximum absolute atomic E-state index is 10.8. The first kappa shape index (κ1) is 17.7. The van der Waals surface area contributed by atoms with E-state index in [1.54, 1.807) is 12.1 Å². The number of hydrogen-bond donors (Lipinski definition) is 0. The van der Waals surface area contributed by atoms with E-state index in [9.17, 15) is 10.1 Å². The molecule has 0 spiro atoms. The highest BCUT2D eigenvalue weighted by Crippen LogP contribution is 2.17. The van der Waals surface area contributed by atoms with Crippen molar-refractivity contribution in [1.29, 1.82) is 0 Å². The van der Waals surface area contributed by atoms with Gasteiger partial charge in [0.05, 0.1) is 11.5 Å². The molecule has 24 heavy (non-hydrogen) atoms. The Kier molecular flexibility index (Phi) is 6.51. The smallest absolute Gasteiger partial charge is 0.270 e. The zero-order valence-electron chi connectivity index (χ0n) is 14.0. The fourth-order valence-corrected chi connectivity index (χ4v) is 2.18. The molecular weight excluding hydrogens is 304 g/mol. The molecule has 0 atom stereocenters. The first-order valence-corrected chi connectivity index (χ1v) is 7.85. The number of benzene rings is 2. The minimum atomic E-state index is -0.389. The van der Waals surface area contributed by atoms with E-state index in [2.05, 4.69) is 4.90 Å². The minimum absolute atomic E-state index is 0.0959. The van der Waals surface area contributed by atoms with Crippen molar-refractivity contribution in [3.8, 4) is 5.75 Å². The van der Waals surface area contributed by atoms with E-state index in [1.807, 2.05) is 56.6 Å². The zero-order valence-corrected chi connectivity index (χ0v) is 14.0. The van der Waals surface area contributed by atoms with E-state index in [0.29, 0.717) is 6.61 Å². The molecule has 5 nitrogen and oxygen atoms in total. The van der Waals surface area contributed by atoms with Crippen molar-refractivity contribution >= 4 is 17.8 Å². The van der Waals surface area contributed by atoms with Crippen LogP contribution in [-0.4, -0.2) is 37.1 Å². The Bertz CT molecular complexity index is 694. The van der Waals surface area contributed by atoms with Gasteiger partial charge in [0, 0.05) is 18.7 Å². The van der Waals surface area contributed by atoms with Crippen LogP contribution in [0.4, 0.5) is 5.69 Å². The van der Waals surface area contributed by atoms with Crippen LogP contribution in [0.25, 0.3) is 12.2 Å². The Morgan fingerprint density at radius 1 is 1.08 bits per heavy atom. The molecular formula is C19H22N2O3. The zero-order chi connectivity index (χ0) is 17.4. The predicted octanol–water partition coefficient (Wildman–Crippen LogP) is 4.10. The maximum Gasteiger partial charge on any atom is 0.270 e. The van der Waals surface area contributed by atoms with E-state index in [4.69, 9.17) is 4.74 Å². The van der Waals surface area contributed by atoms with Gasteiger partial charge >= 0.3 is 0 Å². The van der Waals surface area contributed by atoms with Crippen molar-refractivity contribution in [2.24, 2.45) is 0 Å². The molecule has 0 bridgehead atoms. The van der Waals surface area contributed by atoms with Crippen molar-refractivity contribution in [2.45, 2.75) is 6.42 Å². The summed E-state index contributed by atoms with van der Waals surface area (Å²) in [5.74, 6) is 0.848. The van der Waals surface area contributed by atoms with Gasteiger partial charge in [0.25, 0.3) is 5.69 Å². The first-order valence-electron chi connectivity index (χ1n) is 7.85. The van der Waals surface area contributed by atoms with Crippen LogP contribution < -0.4 is 4.74 Å². The van der Waals surface area contributed by atoms with Gasteiger partial charge in [0.15, 0.2) is 0 Å². The minimum Gasteiger partial charge on any atom is -0.494 e. The molecule has 0 saturated carbocycles.